The maximum absolute atomic E-state index is 12.5. The monoisotopic (exact) mass is 270 g/mol. The summed E-state index contributed by atoms with van der Waals surface area (Å²) in [5.41, 5.74) is 1.86. The predicted octanol–water partition coefficient (Wildman–Crippen LogP) is 2.76. The standard InChI is InChI=1S/C16H18N2O2/c1-3-18(11-13-8-4-5-10-17-13)16(20)14-9-6-7-12(2)15(14)19/h4-10,19H,3,11H2,1-2H3. The molecule has 0 fully saturated rings. The van der Waals surface area contributed by atoms with Crippen molar-refractivity contribution in [2.75, 3.05) is 6.54 Å². The fourth-order valence-corrected chi connectivity index (χ4v) is 2.02. The lowest BCUT2D eigenvalue weighted by molar-refractivity contribution is 0.0747. The second kappa shape index (κ2) is 6.19. The second-order valence-electron chi connectivity index (χ2n) is 4.61. The molecule has 4 nitrogen and oxygen atoms in total. The summed E-state index contributed by atoms with van der Waals surface area (Å²) in [6.07, 6.45) is 1.71. The molecular formula is C16H18N2O2. The van der Waals surface area contributed by atoms with E-state index in [2.05, 4.69) is 4.98 Å². The molecule has 1 heterocycles. The summed E-state index contributed by atoms with van der Waals surface area (Å²) in [6.45, 7) is 4.68. The van der Waals surface area contributed by atoms with Crippen LogP contribution in [-0.4, -0.2) is 27.4 Å². The number of carbonyl (C=O) groups is 1. The van der Waals surface area contributed by atoms with Crippen LogP contribution in [-0.2, 0) is 6.54 Å². The number of aromatic nitrogens is 1. The Morgan fingerprint density at radius 2 is 2.05 bits per heavy atom. The van der Waals surface area contributed by atoms with Crippen LogP contribution in [0.2, 0.25) is 0 Å². The van der Waals surface area contributed by atoms with Gasteiger partial charge in [0.1, 0.15) is 5.75 Å². The van der Waals surface area contributed by atoms with Crippen LogP contribution in [0.4, 0.5) is 0 Å². The summed E-state index contributed by atoms with van der Waals surface area (Å²) in [6, 6.07) is 10.8. The molecule has 0 atom stereocenters. The van der Waals surface area contributed by atoms with Crippen LogP contribution in [0.5, 0.6) is 5.75 Å². The van der Waals surface area contributed by atoms with Crippen molar-refractivity contribution in [3.8, 4) is 5.75 Å². The first-order valence-electron chi connectivity index (χ1n) is 6.61. The van der Waals surface area contributed by atoms with Gasteiger partial charge in [-0.25, -0.2) is 0 Å². The Labute approximate surface area is 118 Å². The molecule has 0 aliphatic heterocycles. The van der Waals surface area contributed by atoms with E-state index in [4.69, 9.17) is 0 Å². The highest BCUT2D eigenvalue weighted by molar-refractivity contribution is 5.97. The maximum Gasteiger partial charge on any atom is 0.257 e. The first-order chi connectivity index (χ1) is 9.63. The van der Waals surface area contributed by atoms with Crippen molar-refractivity contribution < 1.29 is 9.90 Å². The van der Waals surface area contributed by atoms with Gasteiger partial charge in [0.25, 0.3) is 5.91 Å². The number of phenols is 1. The predicted molar refractivity (Wildman–Crippen MR) is 77.5 cm³/mol. The third kappa shape index (κ3) is 2.96. The van der Waals surface area contributed by atoms with E-state index < -0.39 is 0 Å². The zero-order valence-electron chi connectivity index (χ0n) is 11.7. The van der Waals surface area contributed by atoms with Gasteiger partial charge in [-0.05, 0) is 37.6 Å². The van der Waals surface area contributed by atoms with Gasteiger partial charge in [-0.2, -0.15) is 0 Å². The van der Waals surface area contributed by atoms with Crippen molar-refractivity contribution in [1.82, 2.24) is 9.88 Å². The molecule has 0 aliphatic carbocycles. The van der Waals surface area contributed by atoms with E-state index in [1.165, 1.54) is 0 Å². The summed E-state index contributed by atoms with van der Waals surface area (Å²) in [5.74, 6) is -0.128. The van der Waals surface area contributed by atoms with Crippen LogP contribution >= 0.6 is 0 Å². The zero-order valence-corrected chi connectivity index (χ0v) is 11.7. The molecule has 0 saturated carbocycles. The summed E-state index contributed by atoms with van der Waals surface area (Å²) in [4.78, 5) is 18.4. The number of aromatic hydroxyl groups is 1. The minimum atomic E-state index is -0.181. The molecule has 1 N–H and O–H groups in total. The van der Waals surface area contributed by atoms with E-state index in [1.54, 1.807) is 36.2 Å². The molecule has 0 saturated heterocycles. The Balaban J connectivity index is 2.23. The molecule has 0 aliphatic rings. The normalized spacial score (nSPS) is 10.3. The van der Waals surface area contributed by atoms with E-state index in [0.717, 1.165) is 5.69 Å². The van der Waals surface area contributed by atoms with Crippen molar-refractivity contribution >= 4 is 5.91 Å². The minimum Gasteiger partial charge on any atom is -0.507 e. The van der Waals surface area contributed by atoms with Gasteiger partial charge >= 0.3 is 0 Å². The van der Waals surface area contributed by atoms with Crippen molar-refractivity contribution in [2.45, 2.75) is 20.4 Å². The molecule has 4 heteroatoms. The highest BCUT2D eigenvalue weighted by Crippen LogP contribution is 2.23. The molecule has 20 heavy (non-hydrogen) atoms. The highest BCUT2D eigenvalue weighted by atomic mass is 16.3. The average molecular weight is 270 g/mol. The van der Waals surface area contributed by atoms with Gasteiger partial charge in [-0.3, -0.25) is 9.78 Å². The number of aryl methyl sites for hydroxylation is 1. The molecule has 2 rings (SSSR count). The lowest BCUT2D eigenvalue weighted by Gasteiger charge is -2.21. The van der Waals surface area contributed by atoms with Crippen molar-refractivity contribution in [1.29, 1.82) is 0 Å². The molecular weight excluding hydrogens is 252 g/mol. The van der Waals surface area contributed by atoms with E-state index >= 15 is 0 Å². The largest absolute Gasteiger partial charge is 0.507 e. The average Bonchev–Trinajstić information content (AvgIpc) is 2.48. The van der Waals surface area contributed by atoms with E-state index in [1.807, 2.05) is 25.1 Å². The van der Waals surface area contributed by atoms with Crippen molar-refractivity contribution in [2.24, 2.45) is 0 Å². The fourth-order valence-electron chi connectivity index (χ4n) is 2.02. The number of benzene rings is 1. The van der Waals surface area contributed by atoms with Crippen molar-refractivity contribution in [3.05, 3.63) is 59.4 Å². The smallest absolute Gasteiger partial charge is 0.257 e. The molecule has 1 aromatic carbocycles. The zero-order chi connectivity index (χ0) is 14.5. The Morgan fingerprint density at radius 1 is 1.25 bits per heavy atom. The number of pyridine rings is 1. The van der Waals surface area contributed by atoms with Gasteiger partial charge in [-0.15, -0.1) is 0 Å². The quantitative estimate of drug-likeness (QED) is 0.929. The Hall–Kier alpha value is -2.36. The van der Waals surface area contributed by atoms with Crippen LogP contribution in [0, 0.1) is 6.92 Å². The number of para-hydroxylation sites is 1. The molecule has 0 unspecified atom stereocenters. The molecule has 1 amide bonds. The topological polar surface area (TPSA) is 53.4 Å². The number of hydrogen-bond acceptors (Lipinski definition) is 3. The second-order valence-corrected chi connectivity index (χ2v) is 4.61. The Morgan fingerprint density at radius 3 is 2.70 bits per heavy atom. The minimum absolute atomic E-state index is 0.0528. The summed E-state index contributed by atoms with van der Waals surface area (Å²) >= 11 is 0. The lowest BCUT2D eigenvalue weighted by Crippen LogP contribution is -2.30. The highest BCUT2D eigenvalue weighted by Gasteiger charge is 2.19. The third-order valence-electron chi connectivity index (χ3n) is 3.22. The number of carbonyl (C=O) groups excluding carboxylic acids is 1. The van der Waals surface area contributed by atoms with E-state index in [0.29, 0.717) is 24.2 Å². The van der Waals surface area contributed by atoms with Gasteiger partial charge in [0.05, 0.1) is 17.8 Å². The van der Waals surface area contributed by atoms with Crippen molar-refractivity contribution in [3.63, 3.8) is 0 Å². The van der Waals surface area contributed by atoms with Gasteiger partial charge in [0.15, 0.2) is 0 Å². The van der Waals surface area contributed by atoms with Crippen LogP contribution in [0.25, 0.3) is 0 Å². The van der Waals surface area contributed by atoms with E-state index in [-0.39, 0.29) is 11.7 Å². The van der Waals surface area contributed by atoms with E-state index in [9.17, 15) is 9.90 Å². The Bertz CT molecular complexity index is 597. The summed E-state index contributed by atoms with van der Waals surface area (Å²) in [5, 5.41) is 10.0. The first kappa shape index (κ1) is 14.1. The third-order valence-corrected chi connectivity index (χ3v) is 3.22. The van der Waals surface area contributed by atoms with Gasteiger partial charge in [0, 0.05) is 12.7 Å². The van der Waals surface area contributed by atoms with Crippen LogP contribution in [0.3, 0.4) is 0 Å². The van der Waals surface area contributed by atoms with Crippen LogP contribution in [0.15, 0.2) is 42.6 Å². The maximum atomic E-state index is 12.5. The molecule has 2 aromatic rings. The fraction of sp³-hybridized carbons (Fsp3) is 0.250. The molecule has 0 radical (unpaired) electrons. The summed E-state index contributed by atoms with van der Waals surface area (Å²) < 4.78 is 0. The number of rotatable bonds is 4. The van der Waals surface area contributed by atoms with Gasteiger partial charge in [0.2, 0.25) is 0 Å². The Kier molecular flexibility index (Phi) is 4.35. The number of nitrogens with zero attached hydrogens (tertiary/aromatic N) is 2. The molecule has 0 bridgehead atoms. The SMILES string of the molecule is CCN(Cc1ccccn1)C(=O)c1cccc(C)c1O. The van der Waals surface area contributed by atoms with Gasteiger partial charge in [-0.1, -0.05) is 18.2 Å². The first-order valence-corrected chi connectivity index (χ1v) is 6.61. The molecule has 104 valence electrons. The summed E-state index contributed by atoms with van der Waals surface area (Å²) in [7, 11) is 0. The van der Waals surface area contributed by atoms with Crippen LogP contribution < -0.4 is 0 Å². The van der Waals surface area contributed by atoms with Crippen LogP contribution in [0.1, 0.15) is 28.5 Å². The lowest BCUT2D eigenvalue weighted by atomic mass is 10.1. The van der Waals surface area contributed by atoms with Gasteiger partial charge < -0.3 is 10.0 Å². The number of amides is 1. The molecule has 1 aromatic heterocycles. The number of hydrogen-bond donors (Lipinski definition) is 1. The number of phenolic OH excluding ortho intramolecular Hbond substituents is 1. The molecule has 0 spiro atoms.